The van der Waals surface area contributed by atoms with Crippen LogP contribution < -0.4 is 0 Å². The van der Waals surface area contributed by atoms with Gasteiger partial charge < -0.3 is 9.88 Å². The number of carbonyl (C=O) groups is 1. The predicted octanol–water partition coefficient (Wildman–Crippen LogP) is 3.18. The lowest BCUT2D eigenvalue weighted by Gasteiger charge is -2.22. The first-order valence-corrected chi connectivity index (χ1v) is 6.68. The van der Waals surface area contributed by atoms with Gasteiger partial charge in [0.05, 0.1) is 0 Å². The van der Waals surface area contributed by atoms with E-state index in [2.05, 4.69) is 11.9 Å². The van der Waals surface area contributed by atoms with Crippen molar-refractivity contribution in [3.05, 3.63) is 36.0 Å². The van der Waals surface area contributed by atoms with Crippen molar-refractivity contribution in [1.29, 1.82) is 0 Å². The quantitative estimate of drug-likeness (QED) is 0.862. The Labute approximate surface area is 107 Å². The Kier molecular flexibility index (Phi) is 2.82. The SMILES string of the molecule is CCC1CCCN1C(=O)c1cc2ccccc2[nH]1. The molecule has 2 aromatic rings. The van der Waals surface area contributed by atoms with Gasteiger partial charge in [0.2, 0.25) is 0 Å². The van der Waals surface area contributed by atoms with Crippen LogP contribution in [0.25, 0.3) is 10.9 Å². The number of benzene rings is 1. The number of aromatic amines is 1. The van der Waals surface area contributed by atoms with Crippen molar-refractivity contribution in [3.8, 4) is 0 Å². The molecule has 94 valence electrons. The number of amides is 1. The largest absolute Gasteiger partial charge is 0.351 e. The summed E-state index contributed by atoms with van der Waals surface area (Å²) in [4.78, 5) is 17.7. The molecule has 0 aliphatic carbocycles. The van der Waals surface area contributed by atoms with Crippen LogP contribution in [0, 0.1) is 0 Å². The van der Waals surface area contributed by atoms with E-state index in [4.69, 9.17) is 0 Å². The number of fused-ring (bicyclic) bond motifs is 1. The van der Waals surface area contributed by atoms with Gasteiger partial charge in [0.15, 0.2) is 0 Å². The third-order valence-electron chi connectivity index (χ3n) is 3.87. The van der Waals surface area contributed by atoms with Crippen molar-refractivity contribution in [2.75, 3.05) is 6.54 Å². The van der Waals surface area contributed by atoms with E-state index >= 15 is 0 Å². The fraction of sp³-hybridized carbons (Fsp3) is 0.400. The monoisotopic (exact) mass is 242 g/mol. The Morgan fingerprint density at radius 2 is 2.28 bits per heavy atom. The summed E-state index contributed by atoms with van der Waals surface area (Å²) < 4.78 is 0. The summed E-state index contributed by atoms with van der Waals surface area (Å²) in [5.74, 6) is 0.149. The number of para-hydroxylation sites is 1. The molecule has 3 nitrogen and oxygen atoms in total. The summed E-state index contributed by atoms with van der Waals surface area (Å²) in [6.45, 7) is 3.05. The lowest BCUT2D eigenvalue weighted by atomic mass is 10.1. The highest BCUT2D eigenvalue weighted by Crippen LogP contribution is 2.23. The van der Waals surface area contributed by atoms with E-state index in [1.54, 1.807) is 0 Å². The van der Waals surface area contributed by atoms with Crippen LogP contribution in [0.5, 0.6) is 0 Å². The highest BCUT2D eigenvalue weighted by atomic mass is 16.2. The van der Waals surface area contributed by atoms with Gasteiger partial charge >= 0.3 is 0 Å². The van der Waals surface area contributed by atoms with Gasteiger partial charge in [0, 0.05) is 23.5 Å². The third-order valence-corrected chi connectivity index (χ3v) is 3.87. The predicted molar refractivity (Wildman–Crippen MR) is 72.6 cm³/mol. The zero-order chi connectivity index (χ0) is 12.5. The maximum absolute atomic E-state index is 12.5. The molecule has 1 fully saturated rings. The minimum absolute atomic E-state index is 0.149. The van der Waals surface area contributed by atoms with Gasteiger partial charge in [-0.15, -0.1) is 0 Å². The van der Waals surface area contributed by atoms with Crippen LogP contribution in [0.2, 0.25) is 0 Å². The molecule has 1 aliphatic rings. The number of H-pyrrole nitrogens is 1. The summed E-state index contributed by atoms with van der Waals surface area (Å²) in [6.07, 6.45) is 3.32. The maximum atomic E-state index is 12.5. The smallest absolute Gasteiger partial charge is 0.270 e. The molecule has 18 heavy (non-hydrogen) atoms. The molecule has 1 unspecified atom stereocenters. The Morgan fingerprint density at radius 1 is 1.44 bits per heavy atom. The van der Waals surface area contributed by atoms with Gasteiger partial charge in [0.1, 0.15) is 5.69 Å². The number of nitrogens with one attached hydrogen (secondary N) is 1. The van der Waals surface area contributed by atoms with Crippen molar-refractivity contribution < 1.29 is 4.79 Å². The van der Waals surface area contributed by atoms with E-state index in [0.29, 0.717) is 6.04 Å². The van der Waals surface area contributed by atoms with Gasteiger partial charge in [-0.3, -0.25) is 4.79 Å². The van der Waals surface area contributed by atoms with Crippen molar-refractivity contribution in [1.82, 2.24) is 9.88 Å². The molecule has 0 bridgehead atoms. The fourth-order valence-corrected chi connectivity index (χ4v) is 2.87. The first-order chi connectivity index (χ1) is 8.79. The highest BCUT2D eigenvalue weighted by molar-refractivity contribution is 5.98. The van der Waals surface area contributed by atoms with Crippen molar-refractivity contribution >= 4 is 16.8 Å². The molecule has 1 amide bonds. The van der Waals surface area contributed by atoms with E-state index in [9.17, 15) is 4.79 Å². The zero-order valence-electron chi connectivity index (χ0n) is 10.6. The lowest BCUT2D eigenvalue weighted by molar-refractivity contribution is 0.0728. The molecule has 1 aliphatic heterocycles. The van der Waals surface area contributed by atoms with E-state index in [1.165, 1.54) is 0 Å². The zero-order valence-corrected chi connectivity index (χ0v) is 10.6. The highest BCUT2D eigenvalue weighted by Gasteiger charge is 2.28. The summed E-state index contributed by atoms with van der Waals surface area (Å²) in [5.41, 5.74) is 1.75. The van der Waals surface area contributed by atoms with Gasteiger partial charge in [0.25, 0.3) is 5.91 Å². The average Bonchev–Trinajstić information content (AvgIpc) is 3.03. The van der Waals surface area contributed by atoms with E-state index in [1.807, 2.05) is 35.2 Å². The second-order valence-corrected chi connectivity index (χ2v) is 4.97. The van der Waals surface area contributed by atoms with E-state index in [-0.39, 0.29) is 5.91 Å². The van der Waals surface area contributed by atoms with Crippen molar-refractivity contribution in [2.45, 2.75) is 32.2 Å². The van der Waals surface area contributed by atoms with Crippen LogP contribution in [-0.4, -0.2) is 28.4 Å². The number of aromatic nitrogens is 1. The Morgan fingerprint density at radius 3 is 3.06 bits per heavy atom. The maximum Gasteiger partial charge on any atom is 0.270 e. The van der Waals surface area contributed by atoms with Crippen LogP contribution in [0.3, 0.4) is 0 Å². The molecule has 2 heterocycles. The molecule has 1 atom stereocenters. The summed E-state index contributed by atoms with van der Waals surface area (Å²) in [6, 6.07) is 10.4. The Balaban J connectivity index is 1.91. The summed E-state index contributed by atoms with van der Waals surface area (Å²) in [5, 5.41) is 1.10. The van der Waals surface area contributed by atoms with Gasteiger partial charge in [-0.05, 0) is 31.4 Å². The minimum Gasteiger partial charge on any atom is -0.351 e. The lowest BCUT2D eigenvalue weighted by Crippen LogP contribution is -2.35. The second-order valence-electron chi connectivity index (χ2n) is 4.97. The number of carbonyl (C=O) groups excluding carboxylic acids is 1. The number of hydrogen-bond donors (Lipinski definition) is 1. The number of nitrogens with zero attached hydrogens (tertiary/aromatic N) is 1. The van der Waals surface area contributed by atoms with Crippen LogP contribution in [0.1, 0.15) is 36.7 Å². The van der Waals surface area contributed by atoms with Gasteiger partial charge in [-0.2, -0.15) is 0 Å². The molecule has 1 aromatic carbocycles. The number of likely N-dealkylation sites (tertiary alicyclic amines) is 1. The fourth-order valence-electron chi connectivity index (χ4n) is 2.87. The standard InChI is InChI=1S/C15H18N2O/c1-2-12-7-5-9-17(12)15(18)14-10-11-6-3-4-8-13(11)16-14/h3-4,6,8,10,12,16H,2,5,7,9H2,1H3. The first kappa shape index (κ1) is 11.3. The number of rotatable bonds is 2. The molecule has 0 saturated carbocycles. The molecule has 1 N–H and O–H groups in total. The van der Waals surface area contributed by atoms with Crippen LogP contribution in [0.4, 0.5) is 0 Å². The first-order valence-electron chi connectivity index (χ1n) is 6.68. The van der Waals surface area contributed by atoms with Crippen molar-refractivity contribution in [3.63, 3.8) is 0 Å². The molecule has 0 radical (unpaired) electrons. The summed E-state index contributed by atoms with van der Waals surface area (Å²) in [7, 11) is 0. The average molecular weight is 242 g/mol. The van der Waals surface area contributed by atoms with E-state index < -0.39 is 0 Å². The second kappa shape index (κ2) is 4.48. The van der Waals surface area contributed by atoms with Crippen LogP contribution in [0.15, 0.2) is 30.3 Å². The molecule has 0 spiro atoms. The number of hydrogen-bond acceptors (Lipinski definition) is 1. The molecule has 3 rings (SSSR count). The van der Waals surface area contributed by atoms with Gasteiger partial charge in [-0.25, -0.2) is 0 Å². The Hall–Kier alpha value is -1.77. The topological polar surface area (TPSA) is 36.1 Å². The van der Waals surface area contributed by atoms with Crippen molar-refractivity contribution in [2.24, 2.45) is 0 Å². The molecular formula is C15H18N2O. The summed E-state index contributed by atoms with van der Waals surface area (Å²) >= 11 is 0. The van der Waals surface area contributed by atoms with Gasteiger partial charge in [-0.1, -0.05) is 25.1 Å². The van der Waals surface area contributed by atoms with Crippen LogP contribution >= 0.6 is 0 Å². The molecule has 3 heteroatoms. The molecule has 1 saturated heterocycles. The third kappa shape index (κ3) is 1.80. The normalized spacial score (nSPS) is 19.6. The molecule has 1 aromatic heterocycles. The molecular weight excluding hydrogens is 224 g/mol. The van der Waals surface area contributed by atoms with E-state index in [0.717, 1.165) is 42.4 Å². The van der Waals surface area contributed by atoms with Crippen LogP contribution in [-0.2, 0) is 0 Å². The minimum atomic E-state index is 0.149. The Bertz CT molecular complexity index is 540.